The summed E-state index contributed by atoms with van der Waals surface area (Å²) in [6.07, 6.45) is 43.3. The average molecular weight is 777 g/mol. The molecule has 3 heteroatoms. The van der Waals surface area contributed by atoms with Crippen LogP contribution in [0.1, 0.15) is 104 Å². The number of nitrogens with zero attached hydrogens (tertiary/aromatic N) is 1. The van der Waals surface area contributed by atoms with Gasteiger partial charge in [-0.1, -0.05) is 162 Å². The first-order chi connectivity index (χ1) is 27.6. The summed E-state index contributed by atoms with van der Waals surface area (Å²) in [6.45, 7) is 23.7. The van der Waals surface area contributed by atoms with Gasteiger partial charge in [0.1, 0.15) is 5.84 Å². The maximum atomic E-state index is 5.47. The molecule has 57 heavy (non-hydrogen) atoms. The predicted molar refractivity (Wildman–Crippen MR) is 253 cm³/mol. The second-order valence-corrected chi connectivity index (χ2v) is 19.4. The fourth-order valence-electron chi connectivity index (χ4n) is 8.80. The Kier molecular flexibility index (Phi) is 16.6. The normalized spacial score (nSPS) is 26.3. The minimum absolute atomic E-state index is 0.00641. The van der Waals surface area contributed by atoms with Gasteiger partial charge in [-0.15, -0.1) is 12.3 Å². The Morgan fingerprint density at radius 3 is 2.54 bits per heavy atom. The summed E-state index contributed by atoms with van der Waals surface area (Å²) in [6, 6.07) is 11.5. The van der Waals surface area contributed by atoms with Gasteiger partial charge < -0.3 is 5.32 Å². The number of hydrogen-bond acceptors (Lipinski definition) is 2. The van der Waals surface area contributed by atoms with Gasteiger partial charge in [0.05, 0.1) is 12.1 Å². The van der Waals surface area contributed by atoms with Crippen LogP contribution >= 0.6 is 7.92 Å². The lowest BCUT2D eigenvalue weighted by molar-refractivity contribution is 0.385. The standard InChI is InChI=1S/C54H69N2P/c1-9-13-17-23-42(5)38-50-40-51(46(28-18-14-10-2)29-21-26-43-24-19-16-20-25-43)56-52(55-50)47-34-32-45(33-35-47)48-30-22-27-44(39-48)36-37-54(8)53(6,7)49(31-15-11-3)41-57(54)12-4/h9-12,15-16,18-20,22,24-25,27-28,30-32,34,36-37,41-42,44,50-51H,1,3-4,13,17,21,23,26,29,33,35,38-40H2,2,5-8H3,(H,55,56)/b31-15-,37-36+,46-28+/t14?,42-,44+,50?,51?,54+,57-/m1/s1. The molecule has 1 aromatic rings. The molecule has 2 heterocycles. The van der Waals surface area contributed by atoms with Crippen LogP contribution in [-0.2, 0) is 6.42 Å². The number of allylic oxidation sites excluding steroid dienone is 16. The van der Waals surface area contributed by atoms with Gasteiger partial charge in [0.25, 0.3) is 0 Å². The SMILES string of the molecule is C=C/C=C\C1=C[P@@](C=C)[C@@](C)(/C=C/[C@@H]2C=CC=C(C3=CC=C(C4=NC(C[C@H](C)CCCC=C)CC(/C(=C/C=C=CC)CCCc5ccccc5)N4)CC3)C2)C1(C)C. The van der Waals surface area contributed by atoms with Gasteiger partial charge in [0, 0.05) is 10.6 Å². The number of aliphatic imine (C=N–C) groups is 1. The molecule has 2 nitrogen and oxygen atoms in total. The third-order valence-electron chi connectivity index (χ3n) is 12.7. The van der Waals surface area contributed by atoms with Crippen molar-refractivity contribution in [3.05, 3.63) is 186 Å². The molecule has 0 fully saturated rings. The molecule has 0 spiro atoms. The Morgan fingerprint density at radius 2 is 1.82 bits per heavy atom. The zero-order valence-corrected chi connectivity index (χ0v) is 36.6. The highest BCUT2D eigenvalue weighted by Crippen LogP contribution is 2.69. The highest BCUT2D eigenvalue weighted by atomic mass is 31.1. The van der Waals surface area contributed by atoms with Gasteiger partial charge in [-0.05, 0) is 136 Å². The topological polar surface area (TPSA) is 24.4 Å². The van der Waals surface area contributed by atoms with Crippen LogP contribution in [0.2, 0.25) is 0 Å². The van der Waals surface area contributed by atoms with Crippen LogP contribution in [0.5, 0.6) is 0 Å². The highest BCUT2D eigenvalue weighted by molar-refractivity contribution is 7.66. The van der Waals surface area contributed by atoms with Gasteiger partial charge in [-0.3, -0.25) is 4.99 Å². The van der Waals surface area contributed by atoms with Crippen LogP contribution < -0.4 is 5.32 Å². The zero-order chi connectivity index (χ0) is 40.7. The number of unbranched alkanes of at least 4 members (excludes halogenated alkanes) is 1. The van der Waals surface area contributed by atoms with Crippen molar-refractivity contribution in [3.8, 4) is 0 Å². The lowest BCUT2D eigenvalue weighted by atomic mass is 9.73. The van der Waals surface area contributed by atoms with Crippen molar-refractivity contribution < 1.29 is 0 Å². The van der Waals surface area contributed by atoms with E-state index in [1.807, 2.05) is 19.1 Å². The molecular weight excluding hydrogens is 708 g/mol. The van der Waals surface area contributed by atoms with Crippen LogP contribution in [0, 0.1) is 17.3 Å². The summed E-state index contributed by atoms with van der Waals surface area (Å²) < 4.78 is 0. The van der Waals surface area contributed by atoms with E-state index in [1.54, 1.807) is 0 Å². The summed E-state index contributed by atoms with van der Waals surface area (Å²) in [5, 5.41) is 4.00. The molecule has 5 rings (SSSR count). The van der Waals surface area contributed by atoms with E-state index in [-0.39, 0.29) is 16.6 Å². The molecular formula is C54H69N2P. The van der Waals surface area contributed by atoms with Crippen LogP contribution in [0.15, 0.2) is 185 Å². The number of amidine groups is 1. The van der Waals surface area contributed by atoms with Crippen molar-refractivity contribution in [2.45, 2.75) is 122 Å². The lowest BCUT2D eigenvalue weighted by Gasteiger charge is -2.41. The molecule has 0 bridgehead atoms. The maximum Gasteiger partial charge on any atom is 0.124 e. The number of aryl methyl sites for hydroxylation is 1. The van der Waals surface area contributed by atoms with Crippen molar-refractivity contribution in [3.63, 3.8) is 0 Å². The van der Waals surface area contributed by atoms with Crippen molar-refractivity contribution in [2.24, 2.45) is 22.2 Å². The molecule has 0 saturated heterocycles. The first kappa shape index (κ1) is 43.9. The zero-order valence-electron chi connectivity index (χ0n) is 35.7. The van der Waals surface area contributed by atoms with Crippen LogP contribution in [0.25, 0.3) is 0 Å². The summed E-state index contributed by atoms with van der Waals surface area (Å²) in [4.78, 5) is 5.47. The minimum Gasteiger partial charge on any atom is -0.364 e. The van der Waals surface area contributed by atoms with Crippen LogP contribution in [0.3, 0.4) is 0 Å². The van der Waals surface area contributed by atoms with Gasteiger partial charge in [0.2, 0.25) is 0 Å². The van der Waals surface area contributed by atoms with E-state index in [1.165, 1.54) is 46.3 Å². The smallest absolute Gasteiger partial charge is 0.124 e. The van der Waals surface area contributed by atoms with E-state index in [9.17, 15) is 0 Å². The Hall–Kier alpha value is -4.22. The molecule has 2 aliphatic heterocycles. The second-order valence-electron chi connectivity index (χ2n) is 17.1. The van der Waals surface area contributed by atoms with Gasteiger partial charge in [0.15, 0.2) is 0 Å². The van der Waals surface area contributed by atoms with Crippen molar-refractivity contribution >= 4 is 13.8 Å². The fraction of sp³-hybridized carbons (Fsp3) is 0.407. The fourth-order valence-corrected chi connectivity index (χ4v) is 11.3. The number of nitrogens with one attached hydrogen (secondary N) is 1. The van der Waals surface area contributed by atoms with Crippen molar-refractivity contribution in [1.29, 1.82) is 0 Å². The van der Waals surface area contributed by atoms with Crippen LogP contribution in [-0.4, -0.2) is 23.1 Å². The molecule has 6 atom stereocenters. The second kappa shape index (κ2) is 21.5. The molecule has 4 aliphatic rings. The summed E-state index contributed by atoms with van der Waals surface area (Å²) in [5.41, 5.74) is 11.8. The molecule has 1 aromatic carbocycles. The molecule has 0 radical (unpaired) electrons. The van der Waals surface area contributed by atoms with E-state index in [4.69, 9.17) is 4.99 Å². The van der Waals surface area contributed by atoms with Gasteiger partial charge >= 0.3 is 0 Å². The summed E-state index contributed by atoms with van der Waals surface area (Å²) >= 11 is 0. The first-order valence-electron chi connectivity index (χ1n) is 21.6. The van der Waals surface area contributed by atoms with Gasteiger partial charge in [-0.2, -0.15) is 0 Å². The highest BCUT2D eigenvalue weighted by Gasteiger charge is 2.49. The Bertz CT molecular complexity index is 1910. The van der Waals surface area contributed by atoms with Gasteiger partial charge in [-0.25, -0.2) is 0 Å². The lowest BCUT2D eigenvalue weighted by Crippen LogP contribution is -2.44. The van der Waals surface area contributed by atoms with Crippen LogP contribution in [0.4, 0.5) is 0 Å². The first-order valence-corrected chi connectivity index (χ1v) is 23.0. The quantitative estimate of drug-likeness (QED) is 0.0489. The van der Waals surface area contributed by atoms with Crippen molar-refractivity contribution in [1.82, 2.24) is 5.32 Å². The molecule has 1 N–H and O–H groups in total. The van der Waals surface area contributed by atoms with E-state index in [0.717, 1.165) is 63.6 Å². The summed E-state index contributed by atoms with van der Waals surface area (Å²) in [7, 11) is -0.490. The molecule has 2 aliphatic carbocycles. The van der Waals surface area contributed by atoms with Crippen molar-refractivity contribution in [2.75, 3.05) is 0 Å². The van der Waals surface area contributed by atoms with E-state index >= 15 is 0 Å². The Balaban J connectivity index is 1.32. The molecule has 0 saturated carbocycles. The number of benzene rings is 1. The summed E-state index contributed by atoms with van der Waals surface area (Å²) in [5.74, 6) is 6.75. The Morgan fingerprint density at radius 1 is 1.04 bits per heavy atom. The molecule has 0 amide bonds. The molecule has 0 aromatic heterocycles. The van der Waals surface area contributed by atoms with E-state index < -0.39 is 7.92 Å². The third kappa shape index (κ3) is 11.7. The molecule has 2 unspecified atom stereocenters. The maximum absolute atomic E-state index is 5.47. The number of hydrogen-bond donors (Lipinski definition) is 1. The number of rotatable bonds is 19. The third-order valence-corrected chi connectivity index (χ3v) is 15.5. The Labute approximate surface area is 348 Å². The average Bonchev–Trinajstić information content (AvgIpc) is 3.42. The monoisotopic (exact) mass is 777 g/mol. The van der Waals surface area contributed by atoms with E-state index in [0.29, 0.717) is 17.9 Å². The van der Waals surface area contributed by atoms with E-state index in [2.05, 4.69) is 173 Å². The largest absolute Gasteiger partial charge is 0.364 e. The predicted octanol–water partition coefficient (Wildman–Crippen LogP) is 14.9. The molecule has 300 valence electrons. The minimum atomic E-state index is -0.490.